The third kappa shape index (κ3) is 4.33. The van der Waals surface area contributed by atoms with E-state index in [1.165, 1.54) is 13.0 Å². The SMILES string of the molecule is CC(NC(=O)CN1C(=O)NC(C)(c2ccc3c(c2)OCCCO3)C1=O)c1ccc(F)cc1F. The summed E-state index contributed by atoms with van der Waals surface area (Å²) in [6.45, 7) is 3.48. The Bertz CT molecular complexity index is 1130. The molecule has 0 radical (unpaired) electrons. The van der Waals surface area contributed by atoms with Crippen molar-refractivity contribution in [1.82, 2.24) is 15.5 Å². The first-order valence-electron chi connectivity index (χ1n) is 10.5. The number of ether oxygens (including phenoxy) is 2. The number of carbonyl (C=O) groups excluding carboxylic acids is 3. The molecule has 2 aromatic rings. The maximum atomic E-state index is 14.0. The highest BCUT2D eigenvalue weighted by atomic mass is 19.1. The van der Waals surface area contributed by atoms with Crippen molar-refractivity contribution in [3.05, 3.63) is 59.2 Å². The summed E-state index contributed by atoms with van der Waals surface area (Å²) in [7, 11) is 0. The van der Waals surface area contributed by atoms with E-state index >= 15 is 0 Å². The van der Waals surface area contributed by atoms with E-state index < -0.39 is 47.6 Å². The van der Waals surface area contributed by atoms with Crippen LogP contribution in [0, 0.1) is 11.6 Å². The molecule has 0 saturated carbocycles. The summed E-state index contributed by atoms with van der Waals surface area (Å²) in [5.41, 5.74) is -0.842. The van der Waals surface area contributed by atoms with Gasteiger partial charge in [-0.15, -0.1) is 0 Å². The smallest absolute Gasteiger partial charge is 0.325 e. The number of nitrogens with zero attached hydrogens (tertiary/aromatic N) is 1. The van der Waals surface area contributed by atoms with Gasteiger partial charge in [0, 0.05) is 18.1 Å². The zero-order valence-electron chi connectivity index (χ0n) is 18.1. The lowest BCUT2D eigenvalue weighted by Gasteiger charge is -2.23. The maximum absolute atomic E-state index is 14.0. The lowest BCUT2D eigenvalue weighted by molar-refractivity contribution is -0.135. The lowest BCUT2D eigenvalue weighted by Crippen LogP contribution is -2.43. The van der Waals surface area contributed by atoms with E-state index in [1.807, 2.05) is 0 Å². The number of amides is 4. The molecule has 2 heterocycles. The minimum atomic E-state index is -1.41. The van der Waals surface area contributed by atoms with Crippen LogP contribution in [0.5, 0.6) is 11.5 Å². The highest BCUT2D eigenvalue weighted by Gasteiger charge is 2.49. The van der Waals surface area contributed by atoms with Crippen molar-refractivity contribution in [3.8, 4) is 11.5 Å². The second-order valence-electron chi connectivity index (χ2n) is 8.11. The number of nitrogens with one attached hydrogen (secondary N) is 2. The Kier molecular flexibility index (Phi) is 5.92. The number of rotatable bonds is 5. The fourth-order valence-corrected chi connectivity index (χ4v) is 3.87. The van der Waals surface area contributed by atoms with Crippen LogP contribution in [0.15, 0.2) is 36.4 Å². The largest absolute Gasteiger partial charge is 0.490 e. The predicted octanol–water partition coefficient (Wildman–Crippen LogP) is 2.77. The van der Waals surface area contributed by atoms with Crippen LogP contribution in [-0.2, 0) is 15.1 Å². The van der Waals surface area contributed by atoms with Crippen LogP contribution in [-0.4, -0.2) is 42.5 Å². The van der Waals surface area contributed by atoms with Crippen molar-refractivity contribution in [2.45, 2.75) is 31.8 Å². The van der Waals surface area contributed by atoms with Crippen LogP contribution in [0.3, 0.4) is 0 Å². The van der Waals surface area contributed by atoms with Crippen LogP contribution in [0.4, 0.5) is 13.6 Å². The predicted molar refractivity (Wildman–Crippen MR) is 113 cm³/mol. The van der Waals surface area contributed by atoms with Crippen LogP contribution < -0.4 is 20.1 Å². The molecular formula is C23H23F2N3O5. The van der Waals surface area contributed by atoms with Crippen molar-refractivity contribution in [2.24, 2.45) is 0 Å². The zero-order valence-corrected chi connectivity index (χ0v) is 18.1. The molecule has 2 N–H and O–H groups in total. The highest BCUT2D eigenvalue weighted by molar-refractivity contribution is 6.09. The molecule has 2 atom stereocenters. The average molecular weight is 459 g/mol. The van der Waals surface area contributed by atoms with E-state index in [9.17, 15) is 23.2 Å². The summed E-state index contributed by atoms with van der Waals surface area (Å²) >= 11 is 0. The first-order valence-corrected chi connectivity index (χ1v) is 10.5. The molecule has 0 aromatic heterocycles. The van der Waals surface area contributed by atoms with Crippen LogP contribution in [0.25, 0.3) is 0 Å². The van der Waals surface area contributed by atoms with E-state index in [4.69, 9.17) is 9.47 Å². The minimum absolute atomic E-state index is 0.0824. The molecule has 2 unspecified atom stereocenters. The summed E-state index contributed by atoms with van der Waals surface area (Å²) in [6, 6.07) is 6.48. The molecule has 4 amide bonds. The zero-order chi connectivity index (χ0) is 23.8. The van der Waals surface area contributed by atoms with Gasteiger partial charge >= 0.3 is 6.03 Å². The molecule has 1 saturated heterocycles. The van der Waals surface area contributed by atoms with Gasteiger partial charge in [0.25, 0.3) is 5.91 Å². The minimum Gasteiger partial charge on any atom is -0.490 e. The van der Waals surface area contributed by atoms with Gasteiger partial charge in [0.2, 0.25) is 5.91 Å². The summed E-state index contributed by atoms with van der Waals surface area (Å²) in [6.07, 6.45) is 0.722. The maximum Gasteiger partial charge on any atom is 0.325 e. The normalized spacial score (nSPS) is 20.8. The number of imide groups is 1. The fourth-order valence-electron chi connectivity index (χ4n) is 3.87. The molecule has 174 valence electrons. The van der Waals surface area contributed by atoms with Crippen molar-refractivity contribution >= 4 is 17.8 Å². The Balaban J connectivity index is 1.47. The number of hydrogen-bond acceptors (Lipinski definition) is 5. The molecule has 2 aliphatic rings. The molecule has 8 nitrogen and oxygen atoms in total. The molecule has 10 heteroatoms. The van der Waals surface area contributed by atoms with Crippen LogP contribution in [0.2, 0.25) is 0 Å². The van der Waals surface area contributed by atoms with E-state index in [1.54, 1.807) is 25.1 Å². The highest BCUT2D eigenvalue weighted by Crippen LogP contribution is 2.36. The van der Waals surface area contributed by atoms with Crippen molar-refractivity contribution in [3.63, 3.8) is 0 Å². The monoisotopic (exact) mass is 459 g/mol. The summed E-state index contributed by atoms with van der Waals surface area (Å²) < 4.78 is 38.4. The van der Waals surface area contributed by atoms with Crippen LogP contribution in [0.1, 0.15) is 37.4 Å². The Hall–Kier alpha value is -3.69. The Morgan fingerprint density at radius 3 is 2.61 bits per heavy atom. The number of carbonyl (C=O) groups is 3. The molecule has 2 aliphatic heterocycles. The van der Waals surface area contributed by atoms with Gasteiger partial charge in [-0.3, -0.25) is 14.5 Å². The molecule has 33 heavy (non-hydrogen) atoms. The summed E-state index contributed by atoms with van der Waals surface area (Å²) in [4.78, 5) is 39.0. The third-order valence-corrected chi connectivity index (χ3v) is 5.71. The average Bonchev–Trinajstić information content (AvgIpc) is 2.92. The Labute approximate surface area is 188 Å². The molecule has 2 aromatic carbocycles. The van der Waals surface area contributed by atoms with Gasteiger partial charge in [0.05, 0.1) is 19.3 Å². The Morgan fingerprint density at radius 2 is 1.88 bits per heavy atom. The fraction of sp³-hybridized carbons (Fsp3) is 0.348. The first-order chi connectivity index (χ1) is 15.7. The number of urea groups is 1. The Morgan fingerprint density at radius 1 is 1.15 bits per heavy atom. The number of hydrogen-bond donors (Lipinski definition) is 2. The molecule has 0 bridgehead atoms. The topological polar surface area (TPSA) is 97.0 Å². The van der Waals surface area contributed by atoms with Gasteiger partial charge < -0.3 is 20.1 Å². The van der Waals surface area contributed by atoms with E-state index in [-0.39, 0.29) is 5.56 Å². The van der Waals surface area contributed by atoms with Gasteiger partial charge in [-0.2, -0.15) is 0 Å². The number of fused-ring (bicyclic) bond motifs is 1. The van der Waals surface area contributed by atoms with Crippen molar-refractivity contribution in [1.29, 1.82) is 0 Å². The molecular weight excluding hydrogens is 436 g/mol. The van der Waals surface area contributed by atoms with Gasteiger partial charge in [0.15, 0.2) is 11.5 Å². The number of benzene rings is 2. The van der Waals surface area contributed by atoms with E-state index in [0.717, 1.165) is 23.5 Å². The summed E-state index contributed by atoms with van der Waals surface area (Å²) in [5.74, 6) is -1.80. The third-order valence-electron chi connectivity index (χ3n) is 5.71. The quantitative estimate of drug-likeness (QED) is 0.671. The summed E-state index contributed by atoms with van der Waals surface area (Å²) in [5, 5.41) is 5.16. The standard InChI is InChI=1S/C23H23F2N3O5/c1-13(16-6-5-15(24)11-17(16)25)26-20(29)12-28-21(30)23(2,27-22(28)31)14-4-7-18-19(10-14)33-9-3-8-32-18/h4-7,10-11,13H,3,8-9,12H2,1-2H3,(H,26,29)(H,27,31). The molecule has 0 aliphatic carbocycles. The van der Waals surface area contributed by atoms with Gasteiger partial charge in [0.1, 0.15) is 23.7 Å². The van der Waals surface area contributed by atoms with Gasteiger partial charge in [-0.25, -0.2) is 13.6 Å². The second kappa shape index (κ2) is 8.68. The van der Waals surface area contributed by atoms with E-state index in [2.05, 4.69) is 10.6 Å². The molecule has 0 spiro atoms. The first kappa shape index (κ1) is 22.5. The van der Waals surface area contributed by atoms with Crippen molar-refractivity contribution in [2.75, 3.05) is 19.8 Å². The van der Waals surface area contributed by atoms with Crippen LogP contribution >= 0.6 is 0 Å². The molecule has 1 fully saturated rings. The van der Waals surface area contributed by atoms with Gasteiger partial charge in [-0.05, 0) is 37.6 Å². The van der Waals surface area contributed by atoms with Gasteiger partial charge in [-0.1, -0.05) is 12.1 Å². The molecule has 4 rings (SSSR count). The van der Waals surface area contributed by atoms with E-state index in [0.29, 0.717) is 30.3 Å². The van der Waals surface area contributed by atoms with Crippen molar-refractivity contribution < 1.29 is 32.6 Å². The lowest BCUT2D eigenvalue weighted by atomic mass is 9.91. The number of halogens is 2. The second-order valence-corrected chi connectivity index (χ2v) is 8.11.